The summed E-state index contributed by atoms with van der Waals surface area (Å²) in [5.41, 5.74) is 2.19. The van der Waals surface area contributed by atoms with Crippen LogP contribution in [0.4, 0.5) is 0 Å². The second kappa shape index (κ2) is 9.45. The molecule has 0 unspecified atom stereocenters. The lowest BCUT2D eigenvalue weighted by Crippen LogP contribution is -2.65. The van der Waals surface area contributed by atoms with E-state index in [2.05, 4.69) is 40.1 Å². The average Bonchev–Trinajstić information content (AvgIpc) is 2.84. The number of rotatable bonds is 4. The Balaban J connectivity index is 1.05. The number of likely N-dealkylation sites (tertiary alicyclic amines) is 1. The molecule has 0 bridgehead atoms. The monoisotopic (exact) mass is 431 g/mol. The normalized spacial score (nSPS) is 24.8. The molecule has 5 heteroatoms. The molecular formula is C27H33N3O2. The van der Waals surface area contributed by atoms with Crippen LogP contribution in [0.15, 0.2) is 60.7 Å². The van der Waals surface area contributed by atoms with Crippen LogP contribution in [0, 0.1) is 5.92 Å². The van der Waals surface area contributed by atoms with Gasteiger partial charge in [-0.3, -0.25) is 14.5 Å². The van der Waals surface area contributed by atoms with E-state index < -0.39 is 0 Å². The van der Waals surface area contributed by atoms with E-state index in [-0.39, 0.29) is 11.8 Å². The van der Waals surface area contributed by atoms with E-state index in [4.69, 9.17) is 0 Å². The van der Waals surface area contributed by atoms with Crippen LogP contribution in [0.5, 0.6) is 0 Å². The fourth-order valence-electron chi connectivity index (χ4n) is 5.58. The molecule has 2 aromatic rings. The fraction of sp³-hybridized carbons (Fsp3) is 0.481. The molecule has 3 aliphatic rings. The number of piperazine rings is 1. The van der Waals surface area contributed by atoms with E-state index in [0.717, 1.165) is 70.5 Å². The topological polar surface area (TPSA) is 43.9 Å². The molecule has 0 radical (unpaired) electrons. The summed E-state index contributed by atoms with van der Waals surface area (Å²) >= 11 is 0. The van der Waals surface area contributed by atoms with Gasteiger partial charge in [0.2, 0.25) is 5.91 Å². The molecule has 0 spiro atoms. The molecule has 168 valence electrons. The second-order valence-electron chi connectivity index (χ2n) is 9.55. The third kappa shape index (κ3) is 4.44. The third-order valence-electron chi connectivity index (χ3n) is 7.66. The van der Waals surface area contributed by atoms with Gasteiger partial charge in [-0.1, -0.05) is 48.5 Å². The van der Waals surface area contributed by atoms with Gasteiger partial charge in [-0.25, -0.2) is 0 Å². The molecule has 3 fully saturated rings. The first-order valence-electron chi connectivity index (χ1n) is 12.1. The SMILES string of the molecule is O=C(c1ccccc1)N1CCN(C2CN(C(=O)C3CCC(c4ccccc4)CC3)C2)CC1. The van der Waals surface area contributed by atoms with Crippen molar-refractivity contribution in [2.75, 3.05) is 39.3 Å². The van der Waals surface area contributed by atoms with Crippen molar-refractivity contribution in [2.45, 2.75) is 37.6 Å². The zero-order valence-electron chi connectivity index (χ0n) is 18.7. The molecule has 0 atom stereocenters. The Hall–Kier alpha value is -2.66. The van der Waals surface area contributed by atoms with Gasteiger partial charge in [0, 0.05) is 56.8 Å². The molecule has 5 rings (SSSR count). The highest BCUT2D eigenvalue weighted by atomic mass is 16.2. The van der Waals surface area contributed by atoms with Gasteiger partial charge in [-0.05, 0) is 49.3 Å². The van der Waals surface area contributed by atoms with Crippen LogP contribution >= 0.6 is 0 Å². The lowest BCUT2D eigenvalue weighted by atomic mass is 9.78. The molecule has 1 saturated carbocycles. The van der Waals surface area contributed by atoms with E-state index in [1.165, 1.54) is 5.56 Å². The van der Waals surface area contributed by atoms with Crippen molar-refractivity contribution in [1.82, 2.24) is 14.7 Å². The summed E-state index contributed by atoms with van der Waals surface area (Å²) in [6, 6.07) is 20.7. The van der Waals surface area contributed by atoms with Gasteiger partial charge >= 0.3 is 0 Å². The number of hydrogen-bond acceptors (Lipinski definition) is 3. The zero-order chi connectivity index (χ0) is 21.9. The van der Waals surface area contributed by atoms with Crippen LogP contribution in [-0.4, -0.2) is 71.8 Å². The summed E-state index contributed by atoms with van der Waals surface area (Å²) in [5.74, 6) is 1.31. The number of nitrogens with zero attached hydrogens (tertiary/aromatic N) is 3. The first-order chi connectivity index (χ1) is 15.7. The lowest BCUT2D eigenvalue weighted by molar-refractivity contribution is -0.144. The van der Waals surface area contributed by atoms with Crippen LogP contribution in [-0.2, 0) is 4.79 Å². The van der Waals surface area contributed by atoms with Crippen LogP contribution in [0.2, 0.25) is 0 Å². The molecule has 32 heavy (non-hydrogen) atoms. The average molecular weight is 432 g/mol. The first-order valence-corrected chi connectivity index (χ1v) is 12.1. The molecule has 2 amide bonds. The van der Waals surface area contributed by atoms with Gasteiger partial charge in [-0.2, -0.15) is 0 Å². The molecule has 2 heterocycles. The Morgan fingerprint density at radius 3 is 1.91 bits per heavy atom. The van der Waals surface area contributed by atoms with E-state index in [0.29, 0.717) is 17.9 Å². The minimum atomic E-state index is 0.127. The third-order valence-corrected chi connectivity index (χ3v) is 7.66. The summed E-state index contributed by atoms with van der Waals surface area (Å²) in [6.45, 7) is 5.03. The van der Waals surface area contributed by atoms with Gasteiger partial charge < -0.3 is 9.80 Å². The highest BCUT2D eigenvalue weighted by molar-refractivity contribution is 5.94. The number of amides is 2. The van der Waals surface area contributed by atoms with Crippen molar-refractivity contribution in [2.24, 2.45) is 5.92 Å². The van der Waals surface area contributed by atoms with Gasteiger partial charge in [-0.15, -0.1) is 0 Å². The molecule has 2 saturated heterocycles. The predicted molar refractivity (Wildman–Crippen MR) is 125 cm³/mol. The van der Waals surface area contributed by atoms with Crippen molar-refractivity contribution in [3.8, 4) is 0 Å². The minimum absolute atomic E-state index is 0.127. The first kappa shape index (κ1) is 21.2. The number of carbonyl (C=O) groups is 2. The Bertz CT molecular complexity index is 910. The van der Waals surface area contributed by atoms with E-state index >= 15 is 0 Å². The van der Waals surface area contributed by atoms with Crippen molar-refractivity contribution >= 4 is 11.8 Å². The van der Waals surface area contributed by atoms with Crippen molar-refractivity contribution in [3.63, 3.8) is 0 Å². The minimum Gasteiger partial charge on any atom is -0.339 e. The molecule has 5 nitrogen and oxygen atoms in total. The van der Waals surface area contributed by atoms with Gasteiger partial charge in [0.15, 0.2) is 0 Å². The van der Waals surface area contributed by atoms with Crippen LogP contribution in [0.25, 0.3) is 0 Å². The Morgan fingerprint density at radius 1 is 0.688 bits per heavy atom. The highest BCUT2D eigenvalue weighted by Gasteiger charge is 2.39. The molecule has 1 aliphatic carbocycles. The largest absolute Gasteiger partial charge is 0.339 e. The molecule has 2 aliphatic heterocycles. The molecule has 0 N–H and O–H groups in total. The van der Waals surface area contributed by atoms with Gasteiger partial charge in [0.05, 0.1) is 0 Å². The second-order valence-corrected chi connectivity index (χ2v) is 9.55. The van der Waals surface area contributed by atoms with Gasteiger partial charge in [0.25, 0.3) is 5.91 Å². The zero-order valence-corrected chi connectivity index (χ0v) is 18.7. The Kier molecular flexibility index (Phi) is 6.26. The maximum Gasteiger partial charge on any atom is 0.253 e. The standard InChI is InChI=1S/C27H33N3O2/c31-26(23-9-5-2-6-10-23)29-17-15-28(16-18-29)25-19-30(20-25)27(32)24-13-11-22(12-14-24)21-7-3-1-4-8-21/h1-10,22,24-25H,11-20H2. The number of carbonyl (C=O) groups excluding carboxylic acids is 2. The van der Waals surface area contributed by atoms with E-state index in [9.17, 15) is 9.59 Å². The fourth-order valence-corrected chi connectivity index (χ4v) is 5.58. The van der Waals surface area contributed by atoms with Crippen molar-refractivity contribution in [3.05, 3.63) is 71.8 Å². The molecule has 2 aromatic carbocycles. The quantitative estimate of drug-likeness (QED) is 0.743. The lowest BCUT2D eigenvalue weighted by Gasteiger charge is -2.49. The maximum atomic E-state index is 13.0. The van der Waals surface area contributed by atoms with Gasteiger partial charge in [0.1, 0.15) is 0 Å². The predicted octanol–water partition coefficient (Wildman–Crippen LogP) is 3.63. The maximum absolute atomic E-state index is 13.0. The van der Waals surface area contributed by atoms with Crippen LogP contribution in [0.3, 0.4) is 0 Å². The Labute approximate surface area is 191 Å². The summed E-state index contributed by atoms with van der Waals surface area (Å²) in [5, 5.41) is 0. The van der Waals surface area contributed by atoms with Crippen molar-refractivity contribution < 1.29 is 9.59 Å². The number of benzene rings is 2. The van der Waals surface area contributed by atoms with Crippen molar-refractivity contribution in [1.29, 1.82) is 0 Å². The van der Waals surface area contributed by atoms with Crippen LogP contribution in [0.1, 0.15) is 47.5 Å². The smallest absolute Gasteiger partial charge is 0.253 e. The molecular weight excluding hydrogens is 398 g/mol. The Morgan fingerprint density at radius 2 is 1.28 bits per heavy atom. The molecule has 0 aromatic heterocycles. The van der Waals surface area contributed by atoms with E-state index in [1.54, 1.807) is 0 Å². The van der Waals surface area contributed by atoms with Crippen LogP contribution < -0.4 is 0 Å². The van der Waals surface area contributed by atoms with E-state index in [1.807, 2.05) is 35.2 Å². The summed E-state index contributed by atoms with van der Waals surface area (Å²) in [7, 11) is 0. The summed E-state index contributed by atoms with van der Waals surface area (Å²) in [6.07, 6.45) is 4.27. The summed E-state index contributed by atoms with van der Waals surface area (Å²) < 4.78 is 0. The highest BCUT2D eigenvalue weighted by Crippen LogP contribution is 2.37. The summed E-state index contributed by atoms with van der Waals surface area (Å²) in [4.78, 5) is 32.1. The number of hydrogen-bond donors (Lipinski definition) is 0.